The molecule has 6 heteroatoms. The van der Waals surface area contributed by atoms with E-state index in [9.17, 15) is 9.59 Å². The summed E-state index contributed by atoms with van der Waals surface area (Å²) >= 11 is 5.82. The third-order valence-corrected chi connectivity index (χ3v) is 2.49. The van der Waals surface area contributed by atoms with Crippen molar-refractivity contribution in [1.29, 1.82) is 0 Å². The monoisotopic (exact) mass is 256 g/mol. The van der Waals surface area contributed by atoms with Crippen LogP contribution in [0.1, 0.15) is 17.3 Å². The van der Waals surface area contributed by atoms with Crippen LogP contribution >= 0.6 is 11.6 Å². The number of aromatic carboxylic acids is 1. The topological polar surface area (TPSA) is 83.6 Å². The third kappa shape index (κ3) is 3.35. The molecule has 0 aliphatic carbocycles. The summed E-state index contributed by atoms with van der Waals surface area (Å²) in [6, 6.07) is 4.41. The number of primary amides is 1. The van der Waals surface area contributed by atoms with Crippen molar-refractivity contribution in [2.75, 3.05) is 18.0 Å². The number of halogens is 1. The van der Waals surface area contributed by atoms with Crippen LogP contribution in [0, 0.1) is 0 Å². The first-order valence-corrected chi connectivity index (χ1v) is 5.39. The zero-order valence-corrected chi connectivity index (χ0v) is 10.1. The Kier molecular flexibility index (Phi) is 4.34. The molecule has 0 spiro atoms. The molecule has 0 saturated heterocycles. The van der Waals surface area contributed by atoms with Crippen molar-refractivity contribution in [3.8, 4) is 0 Å². The van der Waals surface area contributed by atoms with Crippen LogP contribution in [-0.4, -0.2) is 30.1 Å². The average molecular weight is 257 g/mol. The molecule has 0 radical (unpaired) electrons. The molecule has 1 amide bonds. The van der Waals surface area contributed by atoms with Crippen LogP contribution in [-0.2, 0) is 4.79 Å². The molecule has 0 aliphatic rings. The Hall–Kier alpha value is -1.75. The molecule has 3 N–H and O–H groups in total. The van der Waals surface area contributed by atoms with Gasteiger partial charge in [-0.2, -0.15) is 0 Å². The molecule has 0 atom stereocenters. The van der Waals surface area contributed by atoms with Gasteiger partial charge in [0.1, 0.15) is 0 Å². The maximum Gasteiger partial charge on any atom is 0.337 e. The molecular formula is C11H13ClN2O3. The van der Waals surface area contributed by atoms with E-state index in [1.807, 2.05) is 0 Å². The largest absolute Gasteiger partial charge is 0.478 e. The van der Waals surface area contributed by atoms with Crippen molar-refractivity contribution in [2.24, 2.45) is 5.73 Å². The van der Waals surface area contributed by atoms with E-state index in [0.717, 1.165) is 0 Å². The van der Waals surface area contributed by atoms with Crippen molar-refractivity contribution in [1.82, 2.24) is 0 Å². The van der Waals surface area contributed by atoms with Gasteiger partial charge in [0.05, 0.1) is 17.8 Å². The van der Waals surface area contributed by atoms with Crippen LogP contribution in [0.4, 0.5) is 5.69 Å². The number of carbonyl (C=O) groups is 2. The predicted octanol–water partition coefficient (Wildman–Crippen LogP) is 1.35. The number of carboxylic acid groups (broad SMARTS) is 1. The van der Waals surface area contributed by atoms with Crippen LogP contribution < -0.4 is 10.6 Å². The molecule has 0 unspecified atom stereocenters. The van der Waals surface area contributed by atoms with Crippen LogP contribution in [0.5, 0.6) is 0 Å². The van der Waals surface area contributed by atoms with Crippen LogP contribution in [0.2, 0.25) is 5.02 Å². The van der Waals surface area contributed by atoms with Crippen molar-refractivity contribution >= 4 is 29.2 Å². The summed E-state index contributed by atoms with van der Waals surface area (Å²) in [5, 5.41) is 9.46. The minimum atomic E-state index is -1.07. The molecule has 92 valence electrons. The second-order valence-electron chi connectivity index (χ2n) is 3.45. The lowest BCUT2D eigenvalue weighted by Gasteiger charge is -2.23. The van der Waals surface area contributed by atoms with E-state index in [2.05, 4.69) is 0 Å². The summed E-state index contributed by atoms with van der Waals surface area (Å²) in [4.78, 5) is 23.5. The minimum absolute atomic E-state index is 0.0445. The number of anilines is 1. The van der Waals surface area contributed by atoms with E-state index in [0.29, 0.717) is 17.3 Å². The number of carbonyl (C=O) groups excluding carboxylic acids is 1. The third-order valence-electron chi connectivity index (χ3n) is 2.26. The molecule has 1 aromatic rings. The number of nitrogens with two attached hydrogens (primary N) is 1. The Morgan fingerprint density at radius 3 is 2.59 bits per heavy atom. The predicted molar refractivity (Wildman–Crippen MR) is 65.5 cm³/mol. The Bertz CT molecular complexity index is 448. The van der Waals surface area contributed by atoms with Gasteiger partial charge in [0.15, 0.2) is 0 Å². The van der Waals surface area contributed by atoms with E-state index in [1.165, 1.54) is 18.2 Å². The number of likely N-dealkylation sites (N-methyl/N-ethyl adjacent to an activating group) is 1. The molecular weight excluding hydrogens is 244 g/mol. The molecule has 0 aromatic heterocycles. The lowest BCUT2D eigenvalue weighted by molar-refractivity contribution is -0.116. The Morgan fingerprint density at radius 1 is 1.47 bits per heavy atom. The Labute approximate surface area is 104 Å². The standard InChI is InChI=1S/C11H13ClN2O3/c1-2-14(6-10(13)15)9-5-7(12)3-4-8(9)11(16)17/h3-5H,2,6H2,1H3,(H2,13,15)(H,16,17). The van der Waals surface area contributed by atoms with Gasteiger partial charge in [-0.1, -0.05) is 11.6 Å². The number of nitrogens with zero attached hydrogens (tertiary/aromatic N) is 1. The first-order valence-electron chi connectivity index (χ1n) is 5.01. The minimum Gasteiger partial charge on any atom is -0.478 e. The van der Waals surface area contributed by atoms with Gasteiger partial charge in [0.2, 0.25) is 5.91 Å². The maximum atomic E-state index is 11.1. The van der Waals surface area contributed by atoms with Gasteiger partial charge in [-0.15, -0.1) is 0 Å². The second kappa shape index (κ2) is 5.54. The fraction of sp³-hybridized carbons (Fsp3) is 0.273. The number of carboxylic acids is 1. The molecule has 0 bridgehead atoms. The number of hydrogen-bond acceptors (Lipinski definition) is 3. The van der Waals surface area contributed by atoms with Gasteiger partial charge in [-0.3, -0.25) is 4.79 Å². The molecule has 0 saturated carbocycles. The van der Waals surface area contributed by atoms with Crippen molar-refractivity contribution in [2.45, 2.75) is 6.92 Å². The molecule has 1 rings (SSSR count). The van der Waals surface area contributed by atoms with E-state index < -0.39 is 11.9 Å². The normalized spacial score (nSPS) is 10.0. The van der Waals surface area contributed by atoms with Crippen molar-refractivity contribution < 1.29 is 14.7 Å². The van der Waals surface area contributed by atoms with E-state index in [4.69, 9.17) is 22.4 Å². The Balaban J connectivity index is 3.20. The number of hydrogen-bond donors (Lipinski definition) is 2. The van der Waals surface area contributed by atoms with Gasteiger partial charge < -0.3 is 15.7 Å². The van der Waals surface area contributed by atoms with Gasteiger partial charge in [0.25, 0.3) is 0 Å². The summed E-state index contributed by atoms with van der Waals surface area (Å²) in [5.74, 6) is -1.59. The summed E-state index contributed by atoms with van der Waals surface area (Å²) in [5.41, 5.74) is 5.60. The summed E-state index contributed by atoms with van der Waals surface area (Å²) in [6.07, 6.45) is 0. The lowest BCUT2D eigenvalue weighted by atomic mass is 10.1. The quantitative estimate of drug-likeness (QED) is 0.833. The first kappa shape index (κ1) is 13.3. The first-order chi connectivity index (χ1) is 7.95. The van der Waals surface area contributed by atoms with E-state index in [1.54, 1.807) is 11.8 Å². The SMILES string of the molecule is CCN(CC(N)=O)c1cc(Cl)ccc1C(=O)O. The highest BCUT2D eigenvalue weighted by Gasteiger charge is 2.16. The highest BCUT2D eigenvalue weighted by Crippen LogP contribution is 2.24. The number of benzene rings is 1. The number of amides is 1. The zero-order valence-electron chi connectivity index (χ0n) is 9.31. The fourth-order valence-electron chi connectivity index (χ4n) is 1.50. The van der Waals surface area contributed by atoms with Crippen LogP contribution in [0.25, 0.3) is 0 Å². The molecule has 0 aliphatic heterocycles. The van der Waals surface area contributed by atoms with Gasteiger partial charge in [0, 0.05) is 11.6 Å². The van der Waals surface area contributed by atoms with E-state index in [-0.39, 0.29) is 12.1 Å². The fourth-order valence-corrected chi connectivity index (χ4v) is 1.67. The molecule has 1 aromatic carbocycles. The van der Waals surface area contributed by atoms with Crippen LogP contribution in [0.3, 0.4) is 0 Å². The molecule has 0 fully saturated rings. The van der Waals surface area contributed by atoms with Gasteiger partial charge in [-0.05, 0) is 25.1 Å². The molecule has 17 heavy (non-hydrogen) atoms. The second-order valence-corrected chi connectivity index (χ2v) is 3.88. The highest BCUT2D eigenvalue weighted by molar-refractivity contribution is 6.31. The average Bonchev–Trinajstić information content (AvgIpc) is 2.25. The summed E-state index contributed by atoms with van der Waals surface area (Å²) in [6.45, 7) is 2.22. The number of rotatable bonds is 5. The lowest BCUT2D eigenvalue weighted by Crippen LogP contribution is -2.34. The summed E-state index contributed by atoms with van der Waals surface area (Å²) in [7, 11) is 0. The molecule has 5 nitrogen and oxygen atoms in total. The van der Waals surface area contributed by atoms with Crippen LogP contribution in [0.15, 0.2) is 18.2 Å². The highest BCUT2D eigenvalue weighted by atomic mass is 35.5. The maximum absolute atomic E-state index is 11.1. The zero-order chi connectivity index (χ0) is 13.0. The smallest absolute Gasteiger partial charge is 0.337 e. The summed E-state index contributed by atoms with van der Waals surface area (Å²) < 4.78 is 0. The van der Waals surface area contributed by atoms with Crippen molar-refractivity contribution in [3.05, 3.63) is 28.8 Å². The van der Waals surface area contributed by atoms with E-state index >= 15 is 0 Å². The Morgan fingerprint density at radius 2 is 2.12 bits per heavy atom. The van der Waals surface area contributed by atoms with Gasteiger partial charge >= 0.3 is 5.97 Å². The van der Waals surface area contributed by atoms with Crippen molar-refractivity contribution in [3.63, 3.8) is 0 Å². The van der Waals surface area contributed by atoms with Gasteiger partial charge in [-0.25, -0.2) is 4.79 Å². The molecule has 0 heterocycles.